The Bertz CT molecular complexity index is 3450. The van der Waals surface area contributed by atoms with Crippen LogP contribution in [0.3, 0.4) is 0 Å². The average Bonchev–Trinajstić information content (AvgIpc) is 3.85. The number of aromatic nitrogens is 5. The minimum atomic E-state index is -0.237. The fourth-order valence-electron chi connectivity index (χ4n) is 9.24. The van der Waals surface area contributed by atoms with Gasteiger partial charge in [0, 0.05) is 59.0 Å². The summed E-state index contributed by atoms with van der Waals surface area (Å²) < 4.78 is 2.49. The number of hydrogen-bond donors (Lipinski definition) is 0. The summed E-state index contributed by atoms with van der Waals surface area (Å²) in [5.41, 5.74) is 15.2. The zero-order valence-electron chi connectivity index (χ0n) is 35.2. The quantitative estimate of drug-likeness (QED) is 0.160. The van der Waals surface area contributed by atoms with Crippen molar-refractivity contribution in [3.8, 4) is 90.3 Å². The van der Waals surface area contributed by atoms with E-state index in [0.717, 1.165) is 50.6 Å². The van der Waals surface area contributed by atoms with Crippen LogP contribution >= 0.6 is 11.3 Å². The Kier molecular flexibility index (Phi) is 8.95. The van der Waals surface area contributed by atoms with Crippen LogP contribution in [0.25, 0.3) is 110 Å². The van der Waals surface area contributed by atoms with E-state index in [1.54, 1.807) is 0 Å². The second-order valence-electron chi connectivity index (χ2n) is 16.9. The van der Waals surface area contributed by atoms with Crippen LogP contribution in [0.15, 0.2) is 200 Å². The van der Waals surface area contributed by atoms with Crippen LogP contribution in [0.5, 0.6) is 0 Å². The lowest BCUT2D eigenvalue weighted by Gasteiger charge is -2.22. The molecule has 5 nitrogen and oxygen atoms in total. The molecular weight excluding hydrogens is 799 g/mol. The minimum absolute atomic E-state index is 0.237. The van der Waals surface area contributed by atoms with Gasteiger partial charge in [0.25, 0.3) is 0 Å². The Morgan fingerprint density at radius 1 is 0.328 bits per heavy atom. The Labute approximate surface area is 375 Å². The summed E-state index contributed by atoms with van der Waals surface area (Å²) in [5, 5.41) is 2.42. The van der Waals surface area contributed by atoms with Gasteiger partial charge >= 0.3 is 0 Å². The first kappa shape index (κ1) is 37.8. The first-order chi connectivity index (χ1) is 31.4. The molecule has 0 atom stereocenters. The molecule has 0 aliphatic heterocycles. The van der Waals surface area contributed by atoms with E-state index in [-0.39, 0.29) is 5.41 Å². The molecule has 0 fully saturated rings. The molecule has 302 valence electrons. The summed E-state index contributed by atoms with van der Waals surface area (Å²) in [6.07, 6.45) is 0. The van der Waals surface area contributed by atoms with Gasteiger partial charge in [-0.05, 0) is 69.8 Å². The number of hydrogen-bond acceptors (Lipinski definition) is 6. The van der Waals surface area contributed by atoms with E-state index in [9.17, 15) is 0 Å². The molecule has 1 aliphatic carbocycles. The van der Waals surface area contributed by atoms with Crippen molar-refractivity contribution in [1.82, 2.24) is 24.9 Å². The van der Waals surface area contributed by atoms with E-state index in [4.69, 9.17) is 24.9 Å². The van der Waals surface area contributed by atoms with Crippen molar-refractivity contribution < 1.29 is 0 Å². The van der Waals surface area contributed by atoms with E-state index in [1.807, 2.05) is 96.3 Å². The summed E-state index contributed by atoms with van der Waals surface area (Å²) in [6, 6.07) is 70.2. The summed E-state index contributed by atoms with van der Waals surface area (Å²) in [7, 11) is 0. The Morgan fingerprint density at radius 2 is 0.797 bits per heavy atom. The molecule has 12 rings (SSSR count). The number of nitrogens with zero attached hydrogens (tertiary/aromatic N) is 5. The fraction of sp³-hybridized carbons (Fsp3) is 0.0517. The lowest BCUT2D eigenvalue weighted by atomic mass is 9.81. The smallest absolute Gasteiger partial charge is 0.164 e. The highest BCUT2D eigenvalue weighted by atomic mass is 32.1. The SMILES string of the molecule is CC1(C)c2cc(-c3cc(-c4ccccc4)nc(-c4ccccc4)n3)ccc2-c2ccc(-c3cccc4c3sc3ccc(-c5nc(-c6ccccc6)nc(-c6ccccc6)n5)cc34)cc21. The molecule has 64 heavy (non-hydrogen) atoms. The monoisotopic (exact) mass is 837 g/mol. The predicted octanol–water partition coefficient (Wildman–Crippen LogP) is 15.0. The summed E-state index contributed by atoms with van der Waals surface area (Å²) in [6.45, 7) is 4.70. The first-order valence-corrected chi connectivity index (χ1v) is 22.4. The van der Waals surface area contributed by atoms with Crippen molar-refractivity contribution >= 4 is 31.5 Å². The molecule has 1 aliphatic rings. The maximum Gasteiger partial charge on any atom is 0.164 e. The molecule has 0 spiro atoms. The van der Waals surface area contributed by atoms with Gasteiger partial charge in [-0.25, -0.2) is 24.9 Å². The van der Waals surface area contributed by atoms with Crippen LogP contribution in [0.4, 0.5) is 0 Å². The highest BCUT2D eigenvalue weighted by Gasteiger charge is 2.36. The molecule has 3 aromatic heterocycles. The Hall–Kier alpha value is -7.93. The lowest BCUT2D eigenvalue weighted by Crippen LogP contribution is -2.15. The van der Waals surface area contributed by atoms with Crippen LogP contribution < -0.4 is 0 Å². The van der Waals surface area contributed by atoms with Gasteiger partial charge in [0.05, 0.1) is 11.4 Å². The molecule has 8 aromatic carbocycles. The van der Waals surface area contributed by atoms with Gasteiger partial charge in [-0.1, -0.05) is 178 Å². The molecule has 3 heterocycles. The standard InChI is InChI=1S/C58H39N5S/c1-58(2)48-33-40(26-29-44(48)45-30-27-41(34-49(45)58)51-35-50(36-16-7-3-8-17-36)59-54(60-51)37-18-9-4-10-19-37)43-24-15-25-46-47-32-42(28-31-52(47)64-53(43)46)57-62-55(38-20-11-5-12-21-38)61-56(63-57)39-22-13-6-14-23-39/h3-35H,1-2H3. The first-order valence-electron chi connectivity index (χ1n) is 21.6. The zero-order valence-corrected chi connectivity index (χ0v) is 36.0. The molecule has 0 radical (unpaired) electrons. The van der Waals surface area contributed by atoms with Crippen molar-refractivity contribution in [3.63, 3.8) is 0 Å². The van der Waals surface area contributed by atoms with Crippen molar-refractivity contribution in [3.05, 3.63) is 211 Å². The topological polar surface area (TPSA) is 64.5 Å². The second-order valence-corrected chi connectivity index (χ2v) is 17.9. The van der Waals surface area contributed by atoms with Crippen molar-refractivity contribution in [1.29, 1.82) is 0 Å². The molecule has 6 heteroatoms. The molecule has 11 aromatic rings. The number of benzene rings is 8. The zero-order chi connectivity index (χ0) is 42.8. The van der Waals surface area contributed by atoms with E-state index in [1.165, 1.54) is 53.6 Å². The molecule has 0 saturated carbocycles. The van der Waals surface area contributed by atoms with Crippen molar-refractivity contribution in [2.75, 3.05) is 0 Å². The van der Waals surface area contributed by atoms with Crippen molar-refractivity contribution in [2.24, 2.45) is 0 Å². The third-order valence-electron chi connectivity index (χ3n) is 12.6. The minimum Gasteiger partial charge on any atom is -0.228 e. The van der Waals surface area contributed by atoms with Gasteiger partial charge in [-0.15, -0.1) is 11.3 Å². The Balaban J connectivity index is 0.920. The number of rotatable bonds is 7. The largest absolute Gasteiger partial charge is 0.228 e. The third-order valence-corrected chi connectivity index (χ3v) is 13.8. The number of thiophene rings is 1. The van der Waals surface area contributed by atoms with Gasteiger partial charge in [0.2, 0.25) is 0 Å². The van der Waals surface area contributed by atoms with Gasteiger partial charge in [-0.2, -0.15) is 0 Å². The predicted molar refractivity (Wildman–Crippen MR) is 264 cm³/mol. The summed E-state index contributed by atoms with van der Waals surface area (Å²) in [5.74, 6) is 2.68. The van der Waals surface area contributed by atoms with Crippen molar-refractivity contribution in [2.45, 2.75) is 19.3 Å². The van der Waals surface area contributed by atoms with Gasteiger partial charge in [0.15, 0.2) is 23.3 Å². The highest BCUT2D eigenvalue weighted by molar-refractivity contribution is 7.26. The summed E-state index contributed by atoms with van der Waals surface area (Å²) >= 11 is 1.84. The van der Waals surface area contributed by atoms with Gasteiger partial charge < -0.3 is 0 Å². The second kappa shape index (κ2) is 15.2. The van der Waals surface area contributed by atoms with Crippen LogP contribution in [0, 0.1) is 0 Å². The van der Waals surface area contributed by atoms with E-state index < -0.39 is 0 Å². The lowest BCUT2D eigenvalue weighted by molar-refractivity contribution is 0.661. The molecular formula is C58H39N5S. The molecule has 0 N–H and O–H groups in total. The molecule has 0 saturated heterocycles. The fourth-order valence-corrected chi connectivity index (χ4v) is 10.5. The molecule has 0 bridgehead atoms. The van der Waals surface area contributed by atoms with E-state index in [0.29, 0.717) is 17.5 Å². The normalized spacial score (nSPS) is 12.7. The van der Waals surface area contributed by atoms with Gasteiger partial charge in [0.1, 0.15) is 0 Å². The van der Waals surface area contributed by atoms with E-state index >= 15 is 0 Å². The van der Waals surface area contributed by atoms with Crippen LogP contribution in [0.1, 0.15) is 25.0 Å². The summed E-state index contributed by atoms with van der Waals surface area (Å²) in [4.78, 5) is 25.2. The third kappa shape index (κ3) is 6.50. The maximum absolute atomic E-state index is 5.16. The Morgan fingerprint density at radius 3 is 1.38 bits per heavy atom. The maximum atomic E-state index is 5.16. The van der Waals surface area contributed by atoms with Crippen LogP contribution in [-0.2, 0) is 5.41 Å². The van der Waals surface area contributed by atoms with E-state index in [2.05, 4.69) is 129 Å². The number of fused-ring (bicyclic) bond motifs is 6. The molecule has 0 unspecified atom stereocenters. The molecule has 0 amide bonds. The highest BCUT2D eigenvalue weighted by Crippen LogP contribution is 2.51. The van der Waals surface area contributed by atoms with Crippen LogP contribution in [0.2, 0.25) is 0 Å². The average molecular weight is 838 g/mol. The van der Waals surface area contributed by atoms with Gasteiger partial charge in [-0.3, -0.25) is 0 Å². The van der Waals surface area contributed by atoms with Crippen LogP contribution in [-0.4, -0.2) is 24.9 Å².